The van der Waals surface area contributed by atoms with E-state index in [9.17, 15) is 4.79 Å². The van der Waals surface area contributed by atoms with E-state index in [2.05, 4.69) is 0 Å². The summed E-state index contributed by atoms with van der Waals surface area (Å²) in [6, 6.07) is 6.76. The predicted octanol–water partition coefficient (Wildman–Crippen LogP) is 1.42. The van der Waals surface area contributed by atoms with Gasteiger partial charge in [0.2, 0.25) is 0 Å². The molecule has 1 aromatic carbocycles. The van der Waals surface area contributed by atoms with Crippen LogP contribution in [0.15, 0.2) is 24.3 Å². The summed E-state index contributed by atoms with van der Waals surface area (Å²) in [5.41, 5.74) is 0.702. The zero-order valence-electron chi connectivity index (χ0n) is 8.51. The predicted molar refractivity (Wildman–Crippen MR) is 54.7 cm³/mol. The van der Waals surface area contributed by atoms with Gasteiger partial charge in [0.05, 0.1) is 6.61 Å². The lowest BCUT2D eigenvalue weighted by Gasteiger charge is -2.13. The van der Waals surface area contributed by atoms with E-state index in [0.29, 0.717) is 17.7 Å². The van der Waals surface area contributed by atoms with E-state index in [4.69, 9.17) is 14.9 Å². The molecule has 0 bridgehead atoms. The maximum absolute atomic E-state index is 10.7. The molecule has 1 aromatic rings. The van der Waals surface area contributed by atoms with Crippen molar-refractivity contribution in [3.8, 4) is 5.75 Å². The van der Waals surface area contributed by atoms with Gasteiger partial charge in [-0.25, -0.2) is 4.79 Å². The van der Waals surface area contributed by atoms with Gasteiger partial charge in [-0.3, -0.25) is 0 Å². The first kappa shape index (κ1) is 11.5. The third-order valence-corrected chi connectivity index (χ3v) is 2.01. The first-order chi connectivity index (χ1) is 7.17. The Morgan fingerprint density at radius 3 is 2.80 bits per heavy atom. The largest absolute Gasteiger partial charge is 0.479 e. The molecule has 0 aliphatic heterocycles. The summed E-state index contributed by atoms with van der Waals surface area (Å²) in [5.74, 6) is -0.511. The second kappa shape index (κ2) is 5.36. The number of carbonyl (C=O) groups is 1. The summed E-state index contributed by atoms with van der Waals surface area (Å²) in [6.45, 7) is 1.66. The summed E-state index contributed by atoms with van der Waals surface area (Å²) < 4.78 is 5.26. The molecular weight excluding hydrogens is 196 g/mol. The first-order valence-corrected chi connectivity index (χ1v) is 4.76. The molecule has 1 atom stereocenters. The number of aliphatic carboxylic acids is 1. The Morgan fingerprint density at radius 2 is 2.27 bits per heavy atom. The molecule has 0 radical (unpaired) electrons. The minimum atomic E-state index is -0.980. The van der Waals surface area contributed by atoms with Crippen LogP contribution in [0, 0.1) is 0 Å². The van der Waals surface area contributed by atoms with Crippen LogP contribution in [0.4, 0.5) is 0 Å². The normalized spacial score (nSPS) is 12.1. The maximum Gasteiger partial charge on any atom is 0.344 e. The quantitative estimate of drug-likeness (QED) is 0.771. The second-order valence-corrected chi connectivity index (χ2v) is 3.16. The Kier molecular flexibility index (Phi) is 4.12. The second-order valence-electron chi connectivity index (χ2n) is 3.16. The van der Waals surface area contributed by atoms with Crippen LogP contribution >= 0.6 is 0 Å². The van der Waals surface area contributed by atoms with Gasteiger partial charge in [-0.2, -0.15) is 0 Å². The van der Waals surface area contributed by atoms with E-state index in [1.54, 1.807) is 31.2 Å². The van der Waals surface area contributed by atoms with Gasteiger partial charge < -0.3 is 14.9 Å². The van der Waals surface area contributed by atoms with Crippen molar-refractivity contribution in [3.63, 3.8) is 0 Å². The van der Waals surface area contributed by atoms with Crippen LogP contribution in [0.1, 0.15) is 18.9 Å². The van der Waals surface area contributed by atoms with Gasteiger partial charge in [-0.15, -0.1) is 0 Å². The molecule has 15 heavy (non-hydrogen) atoms. The highest BCUT2D eigenvalue weighted by Gasteiger charge is 2.16. The SMILES string of the molecule is CC[C@@H](Oc1cccc(CO)c1)C(=O)O. The molecule has 0 aromatic heterocycles. The molecule has 4 heteroatoms. The van der Waals surface area contributed by atoms with E-state index < -0.39 is 12.1 Å². The minimum Gasteiger partial charge on any atom is -0.479 e. The molecule has 4 nitrogen and oxygen atoms in total. The number of carboxylic acid groups (broad SMARTS) is 1. The molecule has 0 saturated heterocycles. The Balaban J connectivity index is 2.74. The zero-order chi connectivity index (χ0) is 11.3. The molecule has 0 amide bonds. The minimum absolute atomic E-state index is 0.0823. The number of benzene rings is 1. The van der Waals surface area contributed by atoms with Gasteiger partial charge in [0, 0.05) is 0 Å². The number of ether oxygens (including phenoxy) is 1. The average Bonchev–Trinajstić information content (AvgIpc) is 2.25. The van der Waals surface area contributed by atoms with E-state index >= 15 is 0 Å². The smallest absolute Gasteiger partial charge is 0.344 e. The van der Waals surface area contributed by atoms with Crippen molar-refractivity contribution in [1.82, 2.24) is 0 Å². The van der Waals surface area contributed by atoms with E-state index in [-0.39, 0.29) is 6.61 Å². The van der Waals surface area contributed by atoms with E-state index in [1.165, 1.54) is 0 Å². The molecule has 82 valence electrons. The summed E-state index contributed by atoms with van der Waals surface area (Å²) in [6.07, 6.45) is -0.433. The van der Waals surface area contributed by atoms with E-state index in [0.717, 1.165) is 0 Å². The molecule has 1 rings (SSSR count). The molecule has 0 spiro atoms. The highest BCUT2D eigenvalue weighted by molar-refractivity contribution is 5.72. The van der Waals surface area contributed by atoms with Crippen LogP contribution < -0.4 is 4.74 Å². The fraction of sp³-hybridized carbons (Fsp3) is 0.364. The van der Waals surface area contributed by atoms with Gasteiger partial charge in [0.25, 0.3) is 0 Å². The molecule has 0 heterocycles. The Bertz CT molecular complexity index is 335. The first-order valence-electron chi connectivity index (χ1n) is 4.76. The third-order valence-electron chi connectivity index (χ3n) is 2.01. The third kappa shape index (κ3) is 3.25. The molecule has 0 saturated carbocycles. The standard InChI is InChI=1S/C11H14O4/c1-2-10(11(13)14)15-9-5-3-4-8(6-9)7-12/h3-6,10,12H,2,7H2,1H3,(H,13,14)/t10-/m1/s1. The van der Waals surface area contributed by atoms with Gasteiger partial charge in [0.15, 0.2) is 6.10 Å². The van der Waals surface area contributed by atoms with Crippen molar-refractivity contribution >= 4 is 5.97 Å². The molecule has 0 aliphatic rings. The van der Waals surface area contributed by atoms with Gasteiger partial charge >= 0.3 is 5.97 Å². The van der Waals surface area contributed by atoms with Crippen LogP contribution in [0.2, 0.25) is 0 Å². The fourth-order valence-corrected chi connectivity index (χ4v) is 1.19. The summed E-state index contributed by atoms with van der Waals surface area (Å²) in [4.78, 5) is 10.7. The maximum atomic E-state index is 10.7. The van der Waals surface area contributed by atoms with Crippen LogP contribution in [0.5, 0.6) is 5.75 Å². The van der Waals surface area contributed by atoms with Crippen LogP contribution in [0.25, 0.3) is 0 Å². The lowest BCUT2D eigenvalue weighted by Crippen LogP contribution is -2.25. The Labute approximate surface area is 88.1 Å². The molecule has 2 N–H and O–H groups in total. The van der Waals surface area contributed by atoms with Crippen molar-refractivity contribution in [2.24, 2.45) is 0 Å². The van der Waals surface area contributed by atoms with E-state index in [1.807, 2.05) is 0 Å². The van der Waals surface area contributed by atoms with Crippen molar-refractivity contribution in [1.29, 1.82) is 0 Å². The summed E-state index contributed by atoms with van der Waals surface area (Å²) in [7, 11) is 0. The topological polar surface area (TPSA) is 66.8 Å². The van der Waals surface area contributed by atoms with Crippen molar-refractivity contribution in [3.05, 3.63) is 29.8 Å². The molecular formula is C11H14O4. The van der Waals surface area contributed by atoms with Crippen molar-refractivity contribution < 1.29 is 19.7 Å². The molecule has 0 aliphatic carbocycles. The molecule has 0 fully saturated rings. The zero-order valence-corrected chi connectivity index (χ0v) is 8.51. The summed E-state index contributed by atoms with van der Waals surface area (Å²) >= 11 is 0. The number of aliphatic hydroxyl groups excluding tert-OH is 1. The molecule has 0 unspecified atom stereocenters. The van der Waals surface area contributed by atoms with Crippen LogP contribution in [-0.2, 0) is 11.4 Å². The monoisotopic (exact) mass is 210 g/mol. The van der Waals surface area contributed by atoms with Crippen LogP contribution in [-0.4, -0.2) is 22.3 Å². The van der Waals surface area contributed by atoms with Gasteiger partial charge in [-0.05, 0) is 24.1 Å². The van der Waals surface area contributed by atoms with Gasteiger partial charge in [-0.1, -0.05) is 19.1 Å². The highest BCUT2D eigenvalue weighted by atomic mass is 16.5. The van der Waals surface area contributed by atoms with Crippen molar-refractivity contribution in [2.75, 3.05) is 0 Å². The Hall–Kier alpha value is -1.55. The lowest BCUT2D eigenvalue weighted by molar-refractivity contribution is -0.145. The number of hydrogen-bond donors (Lipinski definition) is 2. The average molecular weight is 210 g/mol. The van der Waals surface area contributed by atoms with Gasteiger partial charge in [0.1, 0.15) is 5.75 Å². The number of rotatable bonds is 5. The number of hydrogen-bond acceptors (Lipinski definition) is 3. The summed E-state index contributed by atoms with van der Waals surface area (Å²) in [5, 5.41) is 17.7. The van der Waals surface area contributed by atoms with Crippen LogP contribution in [0.3, 0.4) is 0 Å². The number of carboxylic acids is 1. The lowest BCUT2D eigenvalue weighted by atomic mass is 10.2. The Morgan fingerprint density at radius 1 is 1.53 bits per heavy atom. The number of aliphatic hydroxyl groups is 1. The highest BCUT2D eigenvalue weighted by Crippen LogP contribution is 2.16. The van der Waals surface area contributed by atoms with Crippen molar-refractivity contribution in [2.45, 2.75) is 26.1 Å². The fourth-order valence-electron chi connectivity index (χ4n) is 1.19.